The maximum absolute atomic E-state index is 11.8. The van der Waals surface area contributed by atoms with Crippen molar-refractivity contribution in [3.05, 3.63) is 45.4 Å². The van der Waals surface area contributed by atoms with Crippen molar-refractivity contribution in [3.63, 3.8) is 0 Å². The van der Waals surface area contributed by atoms with E-state index in [9.17, 15) is 9.90 Å². The Hall–Kier alpha value is -1.63. The summed E-state index contributed by atoms with van der Waals surface area (Å²) in [5, 5.41) is 13.3. The highest BCUT2D eigenvalue weighted by Crippen LogP contribution is 2.49. The molecule has 26 heavy (non-hydrogen) atoms. The smallest absolute Gasteiger partial charge is 0.311 e. The molecule has 5 nitrogen and oxygen atoms in total. The van der Waals surface area contributed by atoms with Crippen molar-refractivity contribution in [1.82, 2.24) is 9.88 Å². The van der Waals surface area contributed by atoms with Crippen molar-refractivity contribution in [2.75, 3.05) is 13.1 Å². The lowest BCUT2D eigenvalue weighted by Crippen LogP contribution is -2.35. The van der Waals surface area contributed by atoms with Gasteiger partial charge in [0.25, 0.3) is 0 Å². The zero-order valence-corrected chi connectivity index (χ0v) is 15.9. The van der Waals surface area contributed by atoms with E-state index in [2.05, 4.69) is 9.88 Å². The van der Waals surface area contributed by atoms with E-state index < -0.39 is 11.4 Å². The van der Waals surface area contributed by atoms with Crippen LogP contribution in [0.3, 0.4) is 0 Å². The fraction of sp³-hybridized carbons (Fsp3) is 0.474. The molecule has 0 amide bonds. The third-order valence-electron chi connectivity index (χ3n) is 5.53. The number of halogens is 1. The van der Waals surface area contributed by atoms with Crippen LogP contribution in [0.2, 0.25) is 5.02 Å². The monoisotopic (exact) mass is 392 g/mol. The summed E-state index contributed by atoms with van der Waals surface area (Å²) in [6.07, 6.45) is 2.87. The van der Waals surface area contributed by atoms with Crippen molar-refractivity contribution >= 4 is 28.9 Å². The van der Waals surface area contributed by atoms with Crippen LogP contribution in [0.4, 0.5) is 0 Å². The van der Waals surface area contributed by atoms with Crippen LogP contribution in [0.5, 0.6) is 5.75 Å². The lowest BCUT2D eigenvalue weighted by atomic mass is 9.81. The van der Waals surface area contributed by atoms with Crippen LogP contribution in [0.25, 0.3) is 0 Å². The first-order chi connectivity index (χ1) is 12.5. The SMILES string of the molecule is O=C(O)[C@@]12CCC[C@H]1CN(Cc1csc(COc3ccc(Cl)cc3)n1)C2. The number of ether oxygens (including phenoxy) is 1. The van der Waals surface area contributed by atoms with Gasteiger partial charge in [-0.15, -0.1) is 11.3 Å². The molecule has 1 aromatic heterocycles. The molecule has 2 aliphatic rings. The average Bonchev–Trinajstić information content (AvgIpc) is 3.29. The molecule has 0 unspecified atom stereocenters. The minimum atomic E-state index is -0.627. The molecule has 1 saturated carbocycles. The van der Waals surface area contributed by atoms with Crippen molar-refractivity contribution in [2.24, 2.45) is 11.3 Å². The number of fused-ring (bicyclic) bond motifs is 1. The minimum absolute atomic E-state index is 0.284. The molecule has 2 aromatic rings. The molecule has 0 spiro atoms. The number of thiazole rings is 1. The van der Waals surface area contributed by atoms with E-state index in [-0.39, 0.29) is 5.92 Å². The van der Waals surface area contributed by atoms with Gasteiger partial charge in [0, 0.05) is 30.0 Å². The van der Waals surface area contributed by atoms with Crippen LogP contribution < -0.4 is 4.74 Å². The highest BCUT2D eigenvalue weighted by molar-refractivity contribution is 7.09. The average molecular weight is 393 g/mol. The molecule has 7 heteroatoms. The summed E-state index contributed by atoms with van der Waals surface area (Å²) >= 11 is 7.45. The number of nitrogens with zero attached hydrogens (tertiary/aromatic N) is 2. The summed E-state index contributed by atoms with van der Waals surface area (Å²) in [6.45, 7) is 2.64. The van der Waals surface area contributed by atoms with Crippen molar-refractivity contribution in [3.8, 4) is 5.75 Å². The number of carboxylic acid groups (broad SMARTS) is 1. The molecular weight excluding hydrogens is 372 g/mol. The molecule has 1 aliphatic heterocycles. The van der Waals surface area contributed by atoms with Gasteiger partial charge in [-0.25, -0.2) is 4.98 Å². The quantitative estimate of drug-likeness (QED) is 0.803. The van der Waals surface area contributed by atoms with Gasteiger partial charge in [-0.05, 0) is 43.0 Å². The van der Waals surface area contributed by atoms with Gasteiger partial charge in [0.2, 0.25) is 0 Å². The second-order valence-corrected chi connectivity index (χ2v) is 8.57. The number of rotatable bonds is 6. The zero-order valence-electron chi connectivity index (χ0n) is 14.4. The third-order valence-corrected chi connectivity index (χ3v) is 6.65. The maximum atomic E-state index is 11.8. The van der Waals surface area contributed by atoms with Crippen LogP contribution in [-0.4, -0.2) is 34.0 Å². The Morgan fingerprint density at radius 3 is 2.96 bits per heavy atom. The molecular formula is C19H21ClN2O3S. The number of hydrogen-bond donors (Lipinski definition) is 1. The normalized spacial score (nSPS) is 25.3. The topological polar surface area (TPSA) is 62.7 Å². The highest BCUT2D eigenvalue weighted by atomic mass is 35.5. The number of benzene rings is 1. The predicted octanol–water partition coefficient (Wildman–Crippen LogP) is 4.06. The van der Waals surface area contributed by atoms with Gasteiger partial charge in [-0.1, -0.05) is 18.0 Å². The van der Waals surface area contributed by atoms with E-state index in [4.69, 9.17) is 16.3 Å². The van der Waals surface area contributed by atoms with Crippen LogP contribution in [0.15, 0.2) is 29.6 Å². The summed E-state index contributed by atoms with van der Waals surface area (Å²) in [5.74, 6) is 0.422. The first-order valence-electron chi connectivity index (χ1n) is 8.82. The predicted molar refractivity (Wildman–Crippen MR) is 101 cm³/mol. The number of aromatic nitrogens is 1. The van der Waals surface area contributed by atoms with Gasteiger partial charge >= 0.3 is 5.97 Å². The summed E-state index contributed by atoms with van der Waals surface area (Å²) in [5.41, 5.74) is 0.460. The van der Waals surface area contributed by atoms with Gasteiger partial charge < -0.3 is 9.84 Å². The number of likely N-dealkylation sites (tertiary alicyclic amines) is 1. The van der Waals surface area contributed by atoms with E-state index in [0.717, 1.165) is 42.3 Å². The standard InChI is InChI=1S/C19H21ClN2O3S/c20-14-3-5-16(6-4-14)25-10-17-21-15(11-26-17)9-22-8-13-2-1-7-19(13,12-22)18(23)24/h3-6,11,13H,1-2,7-10,12H2,(H,23,24)/t13-,19+/m0/s1. The summed E-state index contributed by atoms with van der Waals surface area (Å²) in [7, 11) is 0. The Balaban J connectivity index is 1.34. The zero-order chi connectivity index (χ0) is 18.1. The van der Waals surface area contributed by atoms with Crippen LogP contribution in [0.1, 0.15) is 30.0 Å². The van der Waals surface area contributed by atoms with Gasteiger partial charge in [0.05, 0.1) is 11.1 Å². The molecule has 138 valence electrons. The molecule has 2 heterocycles. The lowest BCUT2D eigenvalue weighted by Gasteiger charge is -2.23. The molecule has 2 fully saturated rings. The second-order valence-electron chi connectivity index (χ2n) is 7.20. The first-order valence-corrected chi connectivity index (χ1v) is 10.1. The lowest BCUT2D eigenvalue weighted by molar-refractivity contribution is -0.149. The van der Waals surface area contributed by atoms with Gasteiger partial charge in [0.1, 0.15) is 17.4 Å². The molecule has 1 aromatic carbocycles. The van der Waals surface area contributed by atoms with Crippen LogP contribution >= 0.6 is 22.9 Å². The Morgan fingerprint density at radius 1 is 1.42 bits per heavy atom. The largest absolute Gasteiger partial charge is 0.486 e. The maximum Gasteiger partial charge on any atom is 0.311 e. The Bertz CT molecular complexity index is 794. The first kappa shape index (κ1) is 17.8. The minimum Gasteiger partial charge on any atom is -0.486 e. The number of carboxylic acids is 1. The molecule has 2 atom stereocenters. The van der Waals surface area contributed by atoms with Crippen molar-refractivity contribution in [1.29, 1.82) is 0 Å². The molecule has 1 N–H and O–H groups in total. The molecule has 1 aliphatic carbocycles. The van der Waals surface area contributed by atoms with Crippen molar-refractivity contribution < 1.29 is 14.6 Å². The van der Waals surface area contributed by atoms with E-state index in [1.54, 1.807) is 23.5 Å². The van der Waals surface area contributed by atoms with Gasteiger partial charge in [0.15, 0.2) is 0 Å². The number of carbonyl (C=O) groups is 1. The van der Waals surface area contributed by atoms with E-state index in [0.29, 0.717) is 24.7 Å². The number of aliphatic carboxylic acids is 1. The van der Waals surface area contributed by atoms with Crippen molar-refractivity contribution in [2.45, 2.75) is 32.4 Å². The van der Waals surface area contributed by atoms with E-state index >= 15 is 0 Å². The molecule has 0 bridgehead atoms. The van der Waals surface area contributed by atoms with Gasteiger partial charge in [-0.3, -0.25) is 9.69 Å². The molecule has 1 saturated heterocycles. The van der Waals surface area contributed by atoms with Gasteiger partial charge in [-0.2, -0.15) is 0 Å². The van der Waals surface area contributed by atoms with Crippen LogP contribution in [-0.2, 0) is 17.9 Å². The summed E-state index contributed by atoms with van der Waals surface area (Å²) in [4.78, 5) is 18.7. The Kier molecular flexibility index (Phi) is 4.90. The van der Waals surface area contributed by atoms with E-state index in [1.807, 2.05) is 17.5 Å². The fourth-order valence-corrected chi connectivity index (χ4v) is 5.08. The third kappa shape index (κ3) is 3.46. The molecule has 0 radical (unpaired) electrons. The summed E-state index contributed by atoms with van der Waals surface area (Å²) in [6, 6.07) is 7.27. The van der Waals surface area contributed by atoms with E-state index in [1.165, 1.54) is 0 Å². The highest BCUT2D eigenvalue weighted by Gasteiger charge is 2.54. The summed E-state index contributed by atoms with van der Waals surface area (Å²) < 4.78 is 5.74. The Morgan fingerprint density at radius 2 is 2.23 bits per heavy atom. The second kappa shape index (κ2) is 7.18. The molecule has 4 rings (SSSR count). The fourth-order valence-electron chi connectivity index (χ4n) is 4.26. The Labute approximate surface area is 161 Å². The van der Waals surface area contributed by atoms with Crippen LogP contribution in [0, 0.1) is 11.3 Å². The number of hydrogen-bond acceptors (Lipinski definition) is 5.